The molecule has 0 saturated carbocycles. The lowest BCUT2D eigenvalue weighted by atomic mass is 10.6. The summed E-state index contributed by atoms with van der Waals surface area (Å²) < 4.78 is 0. The SMILES string of the molecule is CCNC(=O)N1CC=CC1=O. The fourth-order valence-corrected chi connectivity index (χ4v) is 0.869. The van der Waals surface area contributed by atoms with Crippen LogP contribution in [0.25, 0.3) is 0 Å². The van der Waals surface area contributed by atoms with E-state index in [1.807, 2.05) is 6.92 Å². The third-order valence-corrected chi connectivity index (χ3v) is 1.39. The number of nitrogens with one attached hydrogen (secondary N) is 1. The second kappa shape index (κ2) is 3.18. The van der Waals surface area contributed by atoms with Crippen LogP contribution >= 0.6 is 0 Å². The van der Waals surface area contributed by atoms with Gasteiger partial charge >= 0.3 is 6.03 Å². The van der Waals surface area contributed by atoms with Crippen molar-refractivity contribution in [1.29, 1.82) is 0 Å². The number of urea groups is 1. The van der Waals surface area contributed by atoms with Gasteiger partial charge in [-0.15, -0.1) is 0 Å². The van der Waals surface area contributed by atoms with Gasteiger partial charge in [0.2, 0.25) is 0 Å². The minimum atomic E-state index is -0.317. The summed E-state index contributed by atoms with van der Waals surface area (Å²) in [7, 11) is 0. The van der Waals surface area contributed by atoms with E-state index in [2.05, 4.69) is 5.32 Å². The van der Waals surface area contributed by atoms with E-state index in [0.29, 0.717) is 13.1 Å². The van der Waals surface area contributed by atoms with Gasteiger partial charge in [-0.2, -0.15) is 0 Å². The first-order valence-corrected chi connectivity index (χ1v) is 3.51. The molecule has 1 N–H and O–H groups in total. The van der Waals surface area contributed by atoms with Crippen molar-refractivity contribution >= 4 is 11.9 Å². The number of carbonyl (C=O) groups excluding carboxylic acids is 2. The van der Waals surface area contributed by atoms with Gasteiger partial charge < -0.3 is 5.32 Å². The Morgan fingerprint density at radius 3 is 3.00 bits per heavy atom. The summed E-state index contributed by atoms with van der Waals surface area (Å²) in [5.74, 6) is -0.240. The van der Waals surface area contributed by atoms with Gasteiger partial charge in [0.1, 0.15) is 0 Å². The van der Waals surface area contributed by atoms with E-state index in [4.69, 9.17) is 0 Å². The van der Waals surface area contributed by atoms with Gasteiger partial charge in [0.05, 0.1) is 0 Å². The zero-order valence-electron chi connectivity index (χ0n) is 6.33. The first-order chi connectivity index (χ1) is 5.25. The third kappa shape index (κ3) is 1.58. The van der Waals surface area contributed by atoms with Crippen molar-refractivity contribution < 1.29 is 9.59 Å². The average Bonchev–Trinajstić information content (AvgIpc) is 2.36. The maximum absolute atomic E-state index is 11.0. The number of amides is 3. The van der Waals surface area contributed by atoms with Crippen LogP contribution < -0.4 is 5.32 Å². The monoisotopic (exact) mass is 154 g/mol. The summed E-state index contributed by atoms with van der Waals surface area (Å²) in [6.45, 7) is 2.75. The van der Waals surface area contributed by atoms with Gasteiger partial charge in [-0.05, 0) is 6.92 Å². The topological polar surface area (TPSA) is 49.4 Å². The first-order valence-electron chi connectivity index (χ1n) is 3.51. The van der Waals surface area contributed by atoms with E-state index in [1.54, 1.807) is 6.08 Å². The van der Waals surface area contributed by atoms with Crippen molar-refractivity contribution in [2.24, 2.45) is 0 Å². The number of imide groups is 1. The number of hydrogen-bond donors (Lipinski definition) is 1. The van der Waals surface area contributed by atoms with E-state index >= 15 is 0 Å². The standard InChI is InChI=1S/C7H10N2O2/c1-2-8-7(11)9-5-3-4-6(9)10/h3-4H,2,5H2,1H3,(H,8,11). The zero-order chi connectivity index (χ0) is 8.27. The predicted molar refractivity (Wildman–Crippen MR) is 39.9 cm³/mol. The van der Waals surface area contributed by atoms with Crippen LogP contribution in [0, 0.1) is 0 Å². The Morgan fingerprint density at radius 1 is 1.82 bits per heavy atom. The lowest BCUT2D eigenvalue weighted by Gasteiger charge is -2.12. The van der Waals surface area contributed by atoms with Crippen LogP contribution in [0.2, 0.25) is 0 Å². The molecule has 0 spiro atoms. The highest BCUT2D eigenvalue weighted by molar-refractivity contribution is 6.02. The third-order valence-electron chi connectivity index (χ3n) is 1.39. The number of nitrogens with zero attached hydrogens (tertiary/aromatic N) is 1. The molecule has 1 aliphatic rings. The Balaban J connectivity index is 2.49. The Hall–Kier alpha value is -1.32. The molecule has 1 aliphatic heterocycles. The zero-order valence-corrected chi connectivity index (χ0v) is 6.33. The highest BCUT2D eigenvalue weighted by atomic mass is 16.2. The molecule has 0 unspecified atom stereocenters. The van der Waals surface area contributed by atoms with Gasteiger partial charge in [0.25, 0.3) is 5.91 Å². The lowest BCUT2D eigenvalue weighted by molar-refractivity contribution is -0.121. The maximum atomic E-state index is 11.0. The second-order valence-electron chi connectivity index (χ2n) is 2.19. The summed E-state index contributed by atoms with van der Waals surface area (Å²) in [5.41, 5.74) is 0. The Morgan fingerprint density at radius 2 is 2.55 bits per heavy atom. The molecule has 1 heterocycles. The summed E-state index contributed by atoms with van der Waals surface area (Å²) in [5, 5.41) is 2.54. The molecule has 0 aliphatic carbocycles. The second-order valence-corrected chi connectivity index (χ2v) is 2.19. The van der Waals surface area contributed by atoms with E-state index < -0.39 is 0 Å². The van der Waals surface area contributed by atoms with Crippen molar-refractivity contribution in [3.8, 4) is 0 Å². The highest BCUT2D eigenvalue weighted by Crippen LogP contribution is 2.00. The first kappa shape index (κ1) is 7.78. The fourth-order valence-electron chi connectivity index (χ4n) is 0.869. The Bertz CT molecular complexity index is 210. The van der Waals surface area contributed by atoms with Crippen LogP contribution in [0.3, 0.4) is 0 Å². The van der Waals surface area contributed by atoms with Gasteiger partial charge in [-0.25, -0.2) is 4.79 Å². The van der Waals surface area contributed by atoms with Gasteiger partial charge in [0, 0.05) is 19.2 Å². The average molecular weight is 154 g/mol. The van der Waals surface area contributed by atoms with Crippen molar-refractivity contribution in [3.05, 3.63) is 12.2 Å². The van der Waals surface area contributed by atoms with E-state index in [9.17, 15) is 9.59 Å². The van der Waals surface area contributed by atoms with Gasteiger partial charge in [0.15, 0.2) is 0 Å². The minimum Gasteiger partial charge on any atom is -0.338 e. The fraction of sp³-hybridized carbons (Fsp3) is 0.429. The number of carbonyl (C=O) groups is 2. The molecule has 0 aromatic carbocycles. The van der Waals surface area contributed by atoms with E-state index in [-0.39, 0.29) is 11.9 Å². The Kier molecular flexibility index (Phi) is 2.25. The van der Waals surface area contributed by atoms with Crippen LogP contribution in [-0.4, -0.2) is 29.9 Å². The van der Waals surface area contributed by atoms with Crippen molar-refractivity contribution in [1.82, 2.24) is 10.2 Å². The molecule has 4 nitrogen and oxygen atoms in total. The summed E-state index contributed by atoms with van der Waals surface area (Å²) in [6, 6.07) is -0.317. The van der Waals surface area contributed by atoms with Crippen molar-refractivity contribution in [2.75, 3.05) is 13.1 Å². The number of rotatable bonds is 1. The maximum Gasteiger partial charge on any atom is 0.324 e. The van der Waals surface area contributed by atoms with E-state index in [0.717, 1.165) is 4.90 Å². The lowest BCUT2D eigenvalue weighted by Crippen LogP contribution is -2.40. The highest BCUT2D eigenvalue weighted by Gasteiger charge is 2.20. The van der Waals surface area contributed by atoms with Crippen molar-refractivity contribution in [3.63, 3.8) is 0 Å². The normalized spacial score (nSPS) is 15.7. The predicted octanol–water partition coefficient (Wildman–Crippen LogP) is 0.114. The molecule has 3 amide bonds. The van der Waals surface area contributed by atoms with Crippen LogP contribution in [0.1, 0.15) is 6.92 Å². The molecule has 1 rings (SSSR count). The quantitative estimate of drug-likeness (QED) is 0.583. The van der Waals surface area contributed by atoms with Crippen molar-refractivity contribution in [2.45, 2.75) is 6.92 Å². The molecule has 0 aromatic rings. The smallest absolute Gasteiger partial charge is 0.324 e. The van der Waals surface area contributed by atoms with Gasteiger partial charge in [-0.3, -0.25) is 9.69 Å². The number of hydrogen-bond acceptors (Lipinski definition) is 2. The molecule has 0 bridgehead atoms. The van der Waals surface area contributed by atoms with Crippen LogP contribution in [0.5, 0.6) is 0 Å². The largest absolute Gasteiger partial charge is 0.338 e. The van der Waals surface area contributed by atoms with E-state index in [1.165, 1.54) is 6.08 Å². The molecular formula is C7H10N2O2. The summed E-state index contributed by atoms with van der Waals surface area (Å²) >= 11 is 0. The van der Waals surface area contributed by atoms with Crippen LogP contribution in [-0.2, 0) is 4.79 Å². The summed E-state index contributed by atoms with van der Waals surface area (Å²) in [4.78, 5) is 23.0. The molecule has 0 aromatic heterocycles. The molecule has 4 heteroatoms. The van der Waals surface area contributed by atoms with Gasteiger partial charge in [-0.1, -0.05) is 6.08 Å². The van der Waals surface area contributed by atoms with Crippen LogP contribution in [0.4, 0.5) is 4.79 Å². The van der Waals surface area contributed by atoms with Crippen LogP contribution in [0.15, 0.2) is 12.2 Å². The minimum absolute atomic E-state index is 0.240. The Labute approximate surface area is 64.9 Å². The molecule has 0 radical (unpaired) electrons. The molecule has 0 fully saturated rings. The molecule has 0 atom stereocenters. The molecule has 0 saturated heterocycles. The summed E-state index contributed by atoms with van der Waals surface area (Å²) in [6.07, 6.45) is 3.06. The molecular weight excluding hydrogens is 144 g/mol. The molecule has 11 heavy (non-hydrogen) atoms. The molecule has 60 valence electrons.